The molecule has 0 saturated heterocycles. The van der Waals surface area contributed by atoms with Gasteiger partial charge in [-0.25, -0.2) is 8.78 Å². The van der Waals surface area contributed by atoms with E-state index in [4.69, 9.17) is 5.73 Å². The first-order chi connectivity index (χ1) is 12.8. The van der Waals surface area contributed by atoms with Crippen LogP contribution in [0.15, 0.2) is 48.7 Å². The number of nitrogens with zero attached hydrogens (tertiary/aromatic N) is 3. The predicted octanol–water partition coefficient (Wildman–Crippen LogP) is 3.26. The van der Waals surface area contributed by atoms with Crippen molar-refractivity contribution in [1.29, 1.82) is 0 Å². The normalized spacial score (nSPS) is 11.3. The number of hydrogen-bond acceptors (Lipinski definition) is 5. The minimum Gasteiger partial charge on any atom is -0.366 e. The van der Waals surface area contributed by atoms with Crippen molar-refractivity contribution in [1.82, 2.24) is 15.2 Å². The number of nitrogens with two attached hydrogens (primary N) is 1. The smallest absolute Gasteiger partial charge is 0.248 e. The summed E-state index contributed by atoms with van der Waals surface area (Å²) < 4.78 is 28.1. The van der Waals surface area contributed by atoms with Crippen LogP contribution in [0, 0.1) is 11.6 Å². The quantitative estimate of drug-likeness (QED) is 0.720. The number of benzene rings is 1. The van der Waals surface area contributed by atoms with Gasteiger partial charge in [0.1, 0.15) is 23.1 Å². The zero-order chi connectivity index (χ0) is 19.6. The fourth-order valence-corrected chi connectivity index (χ4v) is 2.64. The number of pyridine rings is 1. The van der Waals surface area contributed by atoms with Crippen molar-refractivity contribution < 1.29 is 13.6 Å². The van der Waals surface area contributed by atoms with Crippen molar-refractivity contribution in [2.75, 3.05) is 5.32 Å². The summed E-state index contributed by atoms with van der Waals surface area (Å²) in [5, 5.41) is 11.1. The van der Waals surface area contributed by atoms with Crippen molar-refractivity contribution in [3.8, 4) is 11.3 Å². The number of carbonyl (C=O) groups is 1. The standard InChI is InChI=1S/C19H17F2N5O/c1-19(2,17-14(21)4-3-9-23-17)24-16-8-7-15(25-26-16)12-10-11(18(22)27)5-6-13(12)20/h3-10H,1-2H3,(H2,22,27)(H,24,26). The fraction of sp³-hybridized carbons (Fsp3) is 0.158. The summed E-state index contributed by atoms with van der Waals surface area (Å²) in [4.78, 5) is 15.4. The number of carbonyl (C=O) groups excluding carboxylic acids is 1. The molecule has 0 fully saturated rings. The highest BCUT2D eigenvalue weighted by Gasteiger charge is 2.26. The summed E-state index contributed by atoms with van der Waals surface area (Å²) in [6.07, 6.45) is 1.51. The van der Waals surface area contributed by atoms with Gasteiger partial charge >= 0.3 is 0 Å². The Bertz CT molecular complexity index is 990. The van der Waals surface area contributed by atoms with Crippen LogP contribution >= 0.6 is 0 Å². The second kappa shape index (κ2) is 7.06. The number of aromatic nitrogens is 3. The lowest BCUT2D eigenvalue weighted by atomic mass is 9.99. The van der Waals surface area contributed by atoms with Crippen LogP contribution in [0.1, 0.15) is 29.9 Å². The van der Waals surface area contributed by atoms with Gasteiger partial charge in [-0.05, 0) is 56.3 Å². The van der Waals surface area contributed by atoms with E-state index in [1.54, 1.807) is 26.0 Å². The number of nitrogens with one attached hydrogen (secondary N) is 1. The van der Waals surface area contributed by atoms with Gasteiger partial charge in [-0.15, -0.1) is 10.2 Å². The highest BCUT2D eigenvalue weighted by atomic mass is 19.1. The predicted molar refractivity (Wildman–Crippen MR) is 96.8 cm³/mol. The number of hydrogen-bond donors (Lipinski definition) is 2. The van der Waals surface area contributed by atoms with Gasteiger partial charge in [-0.1, -0.05) is 0 Å². The van der Waals surface area contributed by atoms with E-state index >= 15 is 0 Å². The van der Waals surface area contributed by atoms with E-state index in [1.807, 2.05) is 0 Å². The Labute approximate surface area is 154 Å². The third kappa shape index (κ3) is 3.89. The average molecular weight is 369 g/mol. The number of halogens is 2. The third-order valence-corrected chi connectivity index (χ3v) is 3.98. The van der Waals surface area contributed by atoms with E-state index in [1.165, 1.54) is 30.5 Å². The highest BCUT2D eigenvalue weighted by molar-refractivity contribution is 5.94. The summed E-state index contributed by atoms with van der Waals surface area (Å²) in [6.45, 7) is 3.51. The minimum absolute atomic E-state index is 0.111. The number of anilines is 1. The van der Waals surface area contributed by atoms with Gasteiger partial charge in [-0.2, -0.15) is 0 Å². The maximum absolute atomic E-state index is 14.1. The minimum atomic E-state index is -0.849. The number of amides is 1. The van der Waals surface area contributed by atoms with Crippen LogP contribution in [0.3, 0.4) is 0 Å². The molecule has 138 valence electrons. The van der Waals surface area contributed by atoms with Crippen molar-refractivity contribution in [3.63, 3.8) is 0 Å². The Morgan fingerprint density at radius 2 is 1.85 bits per heavy atom. The molecule has 3 aromatic rings. The Morgan fingerprint density at radius 1 is 1.07 bits per heavy atom. The molecule has 8 heteroatoms. The molecule has 1 aromatic carbocycles. The summed E-state index contributed by atoms with van der Waals surface area (Å²) in [5.41, 5.74) is 5.13. The molecule has 0 atom stereocenters. The van der Waals surface area contributed by atoms with Gasteiger partial charge in [0, 0.05) is 17.3 Å². The molecular weight excluding hydrogens is 352 g/mol. The fourth-order valence-electron chi connectivity index (χ4n) is 2.64. The number of rotatable bonds is 5. The van der Waals surface area contributed by atoms with E-state index < -0.39 is 23.1 Å². The molecular formula is C19H17F2N5O. The molecule has 3 N–H and O–H groups in total. The van der Waals surface area contributed by atoms with Crippen LogP contribution in [0.25, 0.3) is 11.3 Å². The molecule has 0 spiro atoms. The van der Waals surface area contributed by atoms with Gasteiger partial charge < -0.3 is 11.1 Å². The van der Waals surface area contributed by atoms with Gasteiger partial charge in [0.2, 0.25) is 5.91 Å². The summed E-state index contributed by atoms with van der Waals surface area (Å²) >= 11 is 0. The molecule has 0 radical (unpaired) electrons. The van der Waals surface area contributed by atoms with Crippen LogP contribution in [-0.4, -0.2) is 21.1 Å². The molecule has 2 aromatic heterocycles. The maximum atomic E-state index is 14.1. The monoisotopic (exact) mass is 369 g/mol. The summed E-state index contributed by atoms with van der Waals surface area (Å²) in [7, 11) is 0. The molecule has 1 amide bonds. The average Bonchev–Trinajstić information content (AvgIpc) is 2.62. The number of primary amides is 1. The topological polar surface area (TPSA) is 93.8 Å². The van der Waals surface area contributed by atoms with Crippen LogP contribution in [-0.2, 0) is 5.54 Å². The Morgan fingerprint density at radius 3 is 2.48 bits per heavy atom. The van der Waals surface area contributed by atoms with E-state index in [-0.39, 0.29) is 22.5 Å². The van der Waals surface area contributed by atoms with Gasteiger partial charge in [0.05, 0.1) is 11.2 Å². The van der Waals surface area contributed by atoms with E-state index in [0.717, 1.165) is 6.07 Å². The molecule has 2 heterocycles. The van der Waals surface area contributed by atoms with Crippen molar-refractivity contribution >= 4 is 11.7 Å². The largest absolute Gasteiger partial charge is 0.366 e. The lowest BCUT2D eigenvalue weighted by Crippen LogP contribution is -2.31. The van der Waals surface area contributed by atoms with Crippen LogP contribution in [0.2, 0.25) is 0 Å². The van der Waals surface area contributed by atoms with E-state index in [2.05, 4.69) is 20.5 Å². The van der Waals surface area contributed by atoms with Crippen LogP contribution < -0.4 is 11.1 Å². The van der Waals surface area contributed by atoms with Crippen LogP contribution in [0.5, 0.6) is 0 Å². The molecule has 0 aliphatic rings. The maximum Gasteiger partial charge on any atom is 0.248 e. The first-order valence-electron chi connectivity index (χ1n) is 8.10. The second-order valence-corrected chi connectivity index (χ2v) is 6.45. The highest BCUT2D eigenvalue weighted by Crippen LogP contribution is 2.26. The molecule has 0 aliphatic heterocycles. The van der Waals surface area contributed by atoms with Crippen molar-refractivity contribution in [3.05, 3.63) is 71.6 Å². The zero-order valence-corrected chi connectivity index (χ0v) is 14.7. The van der Waals surface area contributed by atoms with Gasteiger partial charge in [-0.3, -0.25) is 9.78 Å². The van der Waals surface area contributed by atoms with E-state index in [0.29, 0.717) is 5.82 Å². The molecule has 0 aliphatic carbocycles. The molecule has 6 nitrogen and oxygen atoms in total. The lowest BCUT2D eigenvalue weighted by Gasteiger charge is -2.26. The Balaban J connectivity index is 1.87. The molecule has 0 saturated carbocycles. The van der Waals surface area contributed by atoms with Gasteiger partial charge in [0.25, 0.3) is 0 Å². The van der Waals surface area contributed by atoms with Crippen LogP contribution in [0.4, 0.5) is 14.6 Å². The third-order valence-electron chi connectivity index (χ3n) is 3.98. The lowest BCUT2D eigenvalue weighted by molar-refractivity contribution is 0.100. The van der Waals surface area contributed by atoms with Gasteiger partial charge in [0.15, 0.2) is 0 Å². The van der Waals surface area contributed by atoms with Crippen molar-refractivity contribution in [2.24, 2.45) is 5.73 Å². The first kappa shape index (κ1) is 18.4. The molecule has 0 bridgehead atoms. The molecule has 27 heavy (non-hydrogen) atoms. The summed E-state index contributed by atoms with van der Waals surface area (Å²) in [6, 6.07) is 9.74. The second-order valence-electron chi connectivity index (χ2n) is 6.45. The summed E-state index contributed by atoms with van der Waals surface area (Å²) in [5.74, 6) is -1.29. The van der Waals surface area contributed by atoms with Crippen molar-refractivity contribution in [2.45, 2.75) is 19.4 Å². The molecule has 3 rings (SSSR count). The first-order valence-corrected chi connectivity index (χ1v) is 8.10. The molecule has 0 unspecified atom stereocenters. The SMILES string of the molecule is CC(C)(Nc1ccc(-c2cc(C(N)=O)ccc2F)nn1)c1ncccc1F. The van der Waals surface area contributed by atoms with E-state index in [9.17, 15) is 13.6 Å². The Hall–Kier alpha value is -3.42. The Kier molecular flexibility index (Phi) is 4.81. The zero-order valence-electron chi connectivity index (χ0n) is 14.7.